The van der Waals surface area contributed by atoms with Crippen molar-refractivity contribution >= 4 is 15.9 Å². The third kappa shape index (κ3) is 5.87. The molecule has 1 aromatic carbocycles. The average molecular weight is 314 g/mol. The summed E-state index contributed by atoms with van der Waals surface area (Å²) >= 11 is 3.59. The molecule has 1 rings (SSSR count). The van der Waals surface area contributed by atoms with Crippen LogP contribution in [0.1, 0.15) is 39.2 Å². The maximum atomic E-state index is 5.19. The van der Waals surface area contributed by atoms with Crippen LogP contribution in [0, 0.1) is 0 Å². The number of halogens is 1. The Bertz CT molecular complexity index is 371. The zero-order valence-corrected chi connectivity index (χ0v) is 13.4. The van der Waals surface area contributed by atoms with Gasteiger partial charge in [0.15, 0.2) is 0 Å². The normalized spacial score (nSPS) is 11.6. The summed E-state index contributed by atoms with van der Waals surface area (Å²) in [5.41, 5.74) is 1.58. The van der Waals surface area contributed by atoms with Crippen molar-refractivity contribution < 1.29 is 4.74 Å². The van der Waals surface area contributed by atoms with Gasteiger partial charge in [0.1, 0.15) is 5.75 Å². The zero-order chi connectivity index (χ0) is 13.6. The van der Waals surface area contributed by atoms with Crippen LogP contribution in [0.3, 0.4) is 0 Å². The number of unbranched alkanes of at least 4 members (excludes halogenated alkanes) is 1. The van der Waals surface area contributed by atoms with Crippen LogP contribution in [-0.4, -0.2) is 19.2 Å². The number of hydrogen-bond acceptors (Lipinski definition) is 2. The average Bonchev–Trinajstić information content (AvgIpc) is 2.29. The molecule has 0 amide bonds. The SMILES string of the molecule is COc1ccc(CCCCNC(C)(C)C)c(Br)c1. The van der Waals surface area contributed by atoms with Gasteiger partial charge < -0.3 is 10.1 Å². The van der Waals surface area contributed by atoms with Crippen molar-refractivity contribution in [1.82, 2.24) is 5.32 Å². The predicted octanol–water partition coefficient (Wildman–Crippen LogP) is 4.17. The molecule has 2 nitrogen and oxygen atoms in total. The van der Waals surface area contributed by atoms with Crippen molar-refractivity contribution in [3.05, 3.63) is 28.2 Å². The number of methoxy groups -OCH3 is 1. The Labute approximate surface area is 119 Å². The van der Waals surface area contributed by atoms with Crippen LogP contribution in [0.5, 0.6) is 5.75 Å². The van der Waals surface area contributed by atoms with Crippen molar-refractivity contribution in [3.8, 4) is 5.75 Å². The highest BCUT2D eigenvalue weighted by atomic mass is 79.9. The molecule has 0 aliphatic heterocycles. The van der Waals surface area contributed by atoms with Crippen molar-refractivity contribution in [2.24, 2.45) is 0 Å². The summed E-state index contributed by atoms with van der Waals surface area (Å²) < 4.78 is 6.33. The summed E-state index contributed by atoms with van der Waals surface area (Å²) in [5.74, 6) is 0.903. The van der Waals surface area contributed by atoms with Crippen LogP contribution >= 0.6 is 15.9 Å². The molecule has 3 heteroatoms. The van der Waals surface area contributed by atoms with Gasteiger partial charge in [-0.25, -0.2) is 0 Å². The maximum Gasteiger partial charge on any atom is 0.120 e. The molecule has 0 spiro atoms. The second kappa shape index (κ2) is 7.15. The summed E-state index contributed by atoms with van der Waals surface area (Å²) in [6.07, 6.45) is 3.51. The molecule has 102 valence electrons. The van der Waals surface area contributed by atoms with Gasteiger partial charge in [0.25, 0.3) is 0 Å². The Balaban J connectivity index is 2.31. The van der Waals surface area contributed by atoms with E-state index in [4.69, 9.17) is 4.74 Å². The van der Waals surface area contributed by atoms with Crippen LogP contribution in [0.15, 0.2) is 22.7 Å². The lowest BCUT2D eigenvalue weighted by Gasteiger charge is -2.20. The highest BCUT2D eigenvalue weighted by molar-refractivity contribution is 9.10. The lowest BCUT2D eigenvalue weighted by molar-refractivity contribution is 0.414. The van der Waals surface area contributed by atoms with E-state index in [9.17, 15) is 0 Å². The highest BCUT2D eigenvalue weighted by Gasteiger charge is 2.07. The van der Waals surface area contributed by atoms with E-state index < -0.39 is 0 Å². The van der Waals surface area contributed by atoms with Gasteiger partial charge in [0.2, 0.25) is 0 Å². The summed E-state index contributed by atoms with van der Waals surface area (Å²) in [6, 6.07) is 6.19. The molecule has 0 bridgehead atoms. The van der Waals surface area contributed by atoms with Crippen molar-refractivity contribution in [2.45, 2.75) is 45.6 Å². The molecule has 0 saturated heterocycles. The van der Waals surface area contributed by atoms with E-state index in [1.54, 1.807) is 7.11 Å². The lowest BCUT2D eigenvalue weighted by atomic mass is 10.1. The first-order chi connectivity index (χ1) is 8.42. The molecule has 0 fully saturated rings. The molecule has 0 saturated carbocycles. The number of benzene rings is 1. The molecular weight excluding hydrogens is 290 g/mol. The van der Waals surface area contributed by atoms with E-state index in [1.165, 1.54) is 18.4 Å². The molecule has 18 heavy (non-hydrogen) atoms. The van der Waals surface area contributed by atoms with Crippen LogP contribution in [0.25, 0.3) is 0 Å². The molecule has 1 N–H and O–H groups in total. The first-order valence-electron chi connectivity index (χ1n) is 6.50. The fourth-order valence-electron chi connectivity index (χ4n) is 1.76. The summed E-state index contributed by atoms with van der Waals surface area (Å²) in [7, 11) is 1.69. The highest BCUT2D eigenvalue weighted by Crippen LogP contribution is 2.24. The number of hydrogen-bond donors (Lipinski definition) is 1. The fraction of sp³-hybridized carbons (Fsp3) is 0.600. The third-order valence-electron chi connectivity index (χ3n) is 2.79. The first kappa shape index (κ1) is 15.5. The Kier molecular flexibility index (Phi) is 6.16. The minimum Gasteiger partial charge on any atom is -0.497 e. The topological polar surface area (TPSA) is 21.3 Å². The summed E-state index contributed by atoms with van der Waals surface area (Å²) in [6.45, 7) is 7.68. The molecule has 0 radical (unpaired) electrons. The minimum atomic E-state index is 0.223. The van der Waals surface area contributed by atoms with Gasteiger partial charge in [-0.3, -0.25) is 0 Å². The van der Waals surface area contributed by atoms with E-state index in [0.29, 0.717) is 0 Å². The van der Waals surface area contributed by atoms with Gasteiger partial charge in [-0.1, -0.05) is 22.0 Å². The standard InChI is InChI=1S/C15H24BrNO/c1-15(2,3)17-10-6-5-7-12-8-9-13(18-4)11-14(12)16/h8-9,11,17H,5-7,10H2,1-4H3. The van der Waals surface area contributed by atoms with Crippen molar-refractivity contribution in [1.29, 1.82) is 0 Å². The molecule has 1 aromatic rings. The number of nitrogens with one attached hydrogen (secondary N) is 1. The zero-order valence-electron chi connectivity index (χ0n) is 11.8. The predicted molar refractivity (Wildman–Crippen MR) is 81.4 cm³/mol. The third-order valence-corrected chi connectivity index (χ3v) is 3.53. The van der Waals surface area contributed by atoms with Crippen molar-refractivity contribution in [2.75, 3.05) is 13.7 Å². The van der Waals surface area contributed by atoms with E-state index in [1.807, 2.05) is 12.1 Å². The van der Waals surface area contributed by atoms with E-state index >= 15 is 0 Å². The first-order valence-corrected chi connectivity index (χ1v) is 7.29. The van der Waals surface area contributed by atoms with Gasteiger partial charge in [-0.2, -0.15) is 0 Å². The van der Waals surface area contributed by atoms with Crippen LogP contribution in [0.2, 0.25) is 0 Å². The Morgan fingerprint density at radius 2 is 1.94 bits per heavy atom. The number of aryl methyl sites for hydroxylation is 1. The number of ether oxygens (including phenoxy) is 1. The van der Waals surface area contributed by atoms with Gasteiger partial charge in [0, 0.05) is 10.0 Å². The minimum absolute atomic E-state index is 0.223. The van der Waals surface area contributed by atoms with Gasteiger partial charge >= 0.3 is 0 Å². The molecule has 0 aromatic heterocycles. The van der Waals surface area contributed by atoms with E-state index in [-0.39, 0.29) is 5.54 Å². The summed E-state index contributed by atoms with van der Waals surface area (Å²) in [5, 5.41) is 3.51. The van der Waals surface area contributed by atoms with E-state index in [0.717, 1.165) is 23.2 Å². The van der Waals surface area contributed by atoms with Gasteiger partial charge in [-0.05, 0) is 64.3 Å². The Hall–Kier alpha value is -0.540. The van der Waals surface area contributed by atoms with Gasteiger partial charge in [0.05, 0.1) is 7.11 Å². The second-order valence-electron chi connectivity index (χ2n) is 5.59. The number of rotatable bonds is 6. The molecule has 0 heterocycles. The summed E-state index contributed by atoms with van der Waals surface area (Å²) in [4.78, 5) is 0. The fourth-order valence-corrected chi connectivity index (χ4v) is 2.32. The smallest absolute Gasteiger partial charge is 0.120 e. The van der Waals surface area contributed by atoms with E-state index in [2.05, 4.69) is 48.1 Å². The van der Waals surface area contributed by atoms with Crippen LogP contribution < -0.4 is 10.1 Å². The molecule has 0 atom stereocenters. The quantitative estimate of drug-likeness (QED) is 0.796. The van der Waals surface area contributed by atoms with Gasteiger partial charge in [-0.15, -0.1) is 0 Å². The second-order valence-corrected chi connectivity index (χ2v) is 6.45. The lowest BCUT2D eigenvalue weighted by Crippen LogP contribution is -2.36. The molecular formula is C15H24BrNO. The Morgan fingerprint density at radius 1 is 1.22 bits per heavy atom. The van der Waals surface area contributed by atoms with Crippen LogP contribution in [0.4, 0.5) is 0 Å². The van der Waals surface area contributed by atoms with Crippen LogP contribution in [-0.2, 0) is 6.42 Å². The van der Waals surface area contributed by atoms with Crippen molar-refractivity contribution in [3.63, 3.8) is 0 Å². The Morgan fingerprint density at radius 3 is 2.50 bits per heavy atom. The largest absolute Gasteiger partial charge is 0.497 e. The monoisotopic (exact) mass is 313 g/mol. The molecule has 0 unspecified atom stereocenters. The molecule has 0 aliphatic rings. The maximum absolute atomic E-state index is 5.19. The molecule has 0 aliphatic carbocycles.